The summed E-state index contributed by atoms with van der Waals surface area (Å²) in [7, 11) is 3.13. The Morgan fingerprint density at radius 1 is 1.13 bits per heavy atom. The molecule has 2 aromatic heterocycles. The molecule has 0 bridgehead atoms. The van der Waals surface area contributed by atoms with E-state index in [9.17, 15) is 4.79 Å². The van der Waals surface area contributed by atoms with Crippen molar-refractivity contribution in [2.45, 2.75) is 25.8 Å². The van der Waals surface area contributed by atoms with Gasteiger partial charge in [0.15, 0.2) is 11.3 Å². The Morgan fingerprint density at radius 2 is 1.92 bits per heavy atom. The van der Waals surface area contributed by atoms with Gasteiger partial charge in [-0.05, 0) is 48.7 Å². The number of carbonyl (C=O) groups is 1. The molecule has 4 aromatic rings. The van der Waals surface area contributed by atoms with Crippen molar-refractivity contribution in [1.82, 2.24) is 14.9 Å². The minimum Gasteiger partial charge on any atom is -0.493 e. The molecule has 1 fully saturated rings. The van der Waals surface area contributed by atoms with Gasteiger partial charge in [-0.25, -0.2) is 4.98 Å². The highest BCUT2D eigenvalue weighted by Crippen LogP contribution is 2.41. The van der Waals surface area contributed by atoms with E-state index in [-0.39, 0.29) is 11.9 Å². The van der Waals surface area contributed by atoms with E-state index < -0.39 is 0 Å². The summed E-state index contributed by atoms with van der Waals surface area (Å²) in [6.07, 6.45) is 4.06. The van der Waals surface area contributed by atoms with E-state index in [1.807, 2.05) is 23.1 Å². The number of benzene rings is 2. The topological polar surface area (TPSA) is 142 Å². The van der Waals surface area contributed by atoms with E-state index in [4.69, 9.17) is 37.0 Å². The van der Waals surface area contributed by atoms with Gasteiger partial charge in [-0.1, -0.05) is 11.6 Å². The highest BCUT2D eigenvalue weighted by Gasteiger charge is 2.23. The Balaban J connectivity index is 1.47. The number of rotatable bonds is 8. The lowest BCUT2D eigenvalue weighted by Crippen LogP contribution is -2.28. The maximum Gasteiger partial charge on any atom is 0.256 e. The number of likely N-dealkylation sites (tertiary alicyclic amines) is 1. The average molecular weight is 537 g/mol. The van der Waals surface area contributed by atoms with Crippen LogP contribution in [0.4, 0.5) is 17.5 Å². The summed E-state index contributed by atoms with van der Waals surface area (Å²) in [5.74, 6) is 2.04. The van der Waals surface area contributed by atoms with Gasteiger partial charge >= 0.3 is 0 Å². The predicted molar refractivity (Wildman–Crippen MR) is 147 cm³/mol. The van der Waals surface area contributed by atoms with Gasteiger partial charge in [-0.3, -0.25) is 4.79 Å². The van der Waals surface area contributed by atoms with Crippen LogP contribution in [-0.4, -0.2) is 48.1 Å². The molecule has 1 saturated heterocycles. The molecule has 5 rings (SSSR count). The number of carbonyl (C=O) groups excluding carboxylic acids is 1. The molecule has 38 heavy (non-hydrogen) atoms. The van der Waals surface area contributed by atoms with Crippen LogP contribution in [0.25, 0.3) is 11.0 Å². The first-order valence-corrected chi connectivity index (χ1v) is 12.6. The number of halogens is 1. The molecule has 1 amide bonds. The molecular formula is C27H29ClN6O4. The van der Waals surface area contributed by atoms with Gasteiger partial charge in [-0.2, -0.15) is 4.98 Å². The number of furan rings is 1. The van der Waals surface area contributed by atoms with Gasteiger partial charge in [-0.15, -0.1) is 0 Å². The van der Waals surface area contributed by atoms with E-state index in [0.717, 1.165) is 42.4 Å². The Morgan fingerprint density at radius 3 is 2.63 bits per heavy atom. The summed E-state index contributed by atoms with van der Waals surface area (Å²) < 4.78 is 17.4. The number of methoxy groups -OCH3 is 2. The molecule has 3 heterocycles. The largest absolute Gasteiger partial charge is 0.493 e. The van der Waals surface area contributed by atoms with Crippen LogP contribution in [0, 0.1) is 0 Å². The van der Waals surface area contributed by atoms with Crippen LogP contribution in [0.1, 0.15) is 40.1 Å². The average Bonchev–Trinajstić information content (AvgIpc) is 3.59. The van der Waals surface area contributed by atoms with Crippen molar-refractivity contribution in [3.63, 3.8) is 0 Å². The van der Waals surface area contributed by atoms with Crippen molar-refractivity contribution >= 4 is 45.9 Å². The number of ether oxygens (including phenoxy) is 2. The van der Waals surface area contributed by atoms with Crippen LogP contribution in [0.15, 0.2) is 40.9 Å². The molecule has 0 atom stereocenters. The number of fused-ring (bicyclic) bond motifs is 1. The Hall–Kier alpha value is -4.18. The SMILES string of the molecule is COc1cc(Cc2cnc(N)nc2N)c2cc(CNc3ccc(Cl)cc3C(=O)N3CCCC3)oc2c1OC. The van der Waals surface area contributed by atoms with E-state index in [1.54, 1.807) is 32.5 Å². The van der Waals surface area contributed by atoms with Gasteiger partial charge in [0.25, 0.3) is 5.91 Å². The van der Waals surface area contributed by atoms with Crippen molar-refractivity contribution in [2.75, 3.05) is 44.1 Å². The number of aromatic nitrogens is 2. The summed E-state index contributed by atoms with van der Waals surface area (Å²) in [5.41, 5.74) is 15.1. The Kier molecular flexibility index (Phi) is 7.15. The first kappa shape index (κ1) is 25.5. The number of amides is 1. The number of nitrogens with zero attached hydrogens (tertiary/aromatic N) is 3. The number of nitrogens with two attached hydrogens (primary N) is 2. The van der Waals surface area contributed by atoms with Crippen LogP contribution in [0.5, 0.6) is 11.5 Å². The summed E-state index contributed by atoms with van der Waals surface area (Å²) in [5, 5.41) is 4.69. The van der Waals surface area contributed by atoms with Crippen LogP contribution < -0.4 is 26.3 Å². The molecule has 0 aliphatic carbocycles. The molecule has 10 nitrogen and oxygen atoms in total. The standard InChI is InChI=1S/C27H29ClN6O4/c1-36-22-10-15(9-16-13-32-27(30)33-25(16)29)19-12-18(38-23(19)24(22)37-2)14-31-21-6-5-17(28)11-20(21)26(35)34-7-3-4-8-34/h5-6,10-13,31H,3-4,7-9,14H2,1-2H3,(H4,29,30,32,33). The first-order chi connectivity index (χ1) is 18.4. The van der Waals surface area contributed by atoms with Gasteiger partial charge in [0, 0.05) is 47.4 Å². The third-order valence-corrected chi connectivity index (χ3v) is 6.88. The minimum absolute atomic E-state index is 0.0332. The maximum atomic E-state index is 13.1. The monoisotopic (exact) mass is 536 g/mol. The van der Waals surface area contributed by atoms with Crippen LogP contribution in [-0.2, 0) is 13.0 Å². The molecule has 0 saturated carbocycles. The lowest BCUT2D eigenvalue weighted by atomic mass is 10.0. The number of nitrogens with one attached hydrogen (secondary N) is 1. The highest BCUT2D eigenvalue weighted by atomic mass is 35.5. The van der Waals surface area contributed by atoms with Gasteiger partial charge < -0.3 is 35.6 Å². The number of hydrogen-bond acceptors (Lipinski definition) is 9. The molecule has 1 aliphatic heterocycles. The molecular weight excluding hydrogens is 508 g/mol. The van der Waals surface area contributed by atoms with Crippen molar-refractivity contribution in [3.8, 4) is 11.5 Å². The number of hydrogen-bond donors (Lipinski definition) is 3. The van der Waals surface area contributed by atoms with E-state index in [0.29, 0.717) is 57.9 Å². The lowest BCUT2D eigenvalue weighted by Gasteiger charge is -2.18. The second kappa shape index (κ2) is 10.7. The normalized spacial score (nSPS) is 13.2. The van der Waals surface area contributed by atoms with Crippen LogP contribution >= 0.6 is 11.6 Å². The fourth-order valence-corrected chi connectivity index (χ4v) is 4.91. The zero-order chi connectivity index (χ0) is 26.8. The summed E-state index contributed by atoms with van der Waals surface area (Å²) in [6, 6.07) is 9.09. The summed E-state index contributed by atoms with van der Waals surface area (Å²) >= 11 is 6.24. The fourth-order valence-electron chi connectivity index (χ4n) is 4.74. The van der Waals surface area contributed by atoms with E-state index in [2.05, 4.69) is 15.3 Å². The quantitative estimate of drug-likeness (QED) is 0.296. The molecule has 2 aromatic carbocycles. The molecule has 11 heteroatoms. The summed E-state index contributed by atoms with van der Waals surface area (Å²) in [4.78, 5) is 23.1. The van der Waals surface area contributed by atoms with Gasteiger partial charge in [0.05, 0.1) is 26.3 Å². The Labute approximate surface area is 224 Å². The molecule has 0 unspecified atom stereocenters. The zero-order valence-corrected chi connectivity index (χ0v) is 22.0. The smallest absolute Gasteiger partial charge is 0.256 e. The predicted octanol–water partition coefficient (Wildman–Crippen LogP) is 4.50. The number of anilines is 3. The van der Waals surface area contributed by atoms with Crippen molar-refractivity contribution < 1.29 is 18.7 Å². The molecule has 0 radical (unpaired) electrons. The minimum atomic E-state index is -0.0332. The van der Waals surface area contributed by atoms with Crippen LogP contribution in [0.2, 0.25) is 5.02 Å². The molecule has 0 spiro atoms. The van der Waals surface area contributed by atoms with Crippen molar-refractivity contribution in [1.29, 1.82) is 0 Å². The van der Waals surface area contributed by atoms with Crippen LogP contribution in [0.3, 0.4) is 0 Å². The molecule has 198 valence electrons. The van der Waals surface area contributed by atoms with Crippen molar-refractivity contribution in [3.05, 3.63) is 64.0 Å². The second-order valence-electron chi connectivity index (χ2n) is 9.08. The van der Waals surface area contributed by atoms with Crippen molar-refractivity contribution in [2.24, 2.45) is 0 Å². The van der Waals surface area contributed by atoms with Gasteiger partial charge in [0.2, 0.25) is 11.7 Å². The fraction of sp³-hybridized carbons (Fsp3) is 0.296. The lowest BCUT2D eigenvalue weighted by molar-refractivity contribution is 0.0793. The highest BCUT2D eigenvalue weighted by molar-refractivity contribution is 6.31. The third kappa shape index (κ3) is 4.99. The van der Waals surface area contributed by atoms with E-state index >= 15 is 0 Å². The van der Waals surface area contributed by atoms with Gasteiger partial charge in [0.1, 0.15) is 11.6 Å². The number of nitrogen functional groups attached to an aromatic ring is 2. The molecule has 5 N–H and O–H groups in total. The second-order valence-corrected chi connectivity index (χ2v) is 9.52. The third-order valence-electron chi connectivity index (χ3n) is 6.64. The maximum absolute atomic E-state index is 13.1. The zero-order valence-electron chi connectivity index (χ0n) is 21.2. The Bertz CT molecular complexity index is 1500. The molecule has 1 aliphatic rings. The summed E-state index contributed by atoms with van der Waals surface area (Å²) in [6.45, 7) is 1.83. The first-order valence-electron chi connectivity index (χ1n) is 12.2. The van der Waals surface area contributed by atoms with E-state index in [1.165, 1.54) is 0 Å².